The second-order valence-electron chi connectivity index (χ2n) is 9.23. The van der Waals surface area contributed by atoms with Crippen molar-refractivity contribution in [1.82, 2.24) is 4.72 Å². The van der Waals surface area contributed by atoms with E-state index in [0.29, 0.717) is 5.56 Å². The quantitative estimate of drug-likeness (QED) is 0.734. The Balaban J connectivity index is 1.46. The van der Waals surface area contributed by atoms with Gasteiger partial charge in [-0.15, -0.1) is 0 Å². The second kappa shape index (κ2) is 8.87. The van der Waals surface area contributed by atoms with Gasteiger partial charge in [-0.05, 0) is 66.1 Å². The maximum atomic E-state index is 12.5. The van der Waals surface area contributed by atoms with E-state index in [1.54, 1.807) is 0 Å². The highest BCUT2D eigenvalue weighted by atomic mass is 32.2. The largest absolute Gasteiger partial charge is 0.378 e. The average molecular weight is 454 g/mol. The van der Waals surface area contributed by atoms with Crippen molar-refractivity contribution in [3.63, 3.8) is 0 Å². The molecule has 2 aromatic carbocycles. The lowest BCUT2D eigenvalue weighted by Crippen LogP contribution is -2.36. The smallest absolute Gasteiger partial charge is 0.262 e. The number of amides is 1. The van der Waals surface area contributed by atoms with Crippen LogP contribution in [0.25, 0.3) is 0 Å². The number of benzene rings is 2. The third kappa shape index (κ3) is 4.16. The van der Waals surface area contributed by atoms with Crippen molar-refractivity contribution in [3.05, 3.63) is 59.2 Å². The minimum atomic E-state index is -1.37. The van der Waals surface area contributed by atoms with Crippen LogP contribution in [0.1, 0.15) is 59.6 Å². The van der Waals surface area contributed by atoms with Crippen molar-refractivity contribution in [1.29, 1.82) is 0 Å². The van der Waals surface area contributed by atoms with Crippen molar-refractivity contribution < 1.29 is 13.7 Å². The minimum absolute atomic E-state index is 0.0852. The number of hydrogen-bond donors (Lipinski definition) is 2. The first-order chi connectivity index (χ1) is 15.5. The highest BCUT2D eigenvalue weighted by molar-refractivity contribution is 7.82. The van der Waals surface area contributed by atoms with Gasteiger partial charge in [-0.3, -0.25) is 9.52 Å². The van der Waals surface area contributed by atoms with E-state index in [1.807, 2.05) is 18.2 Å². The maximum Gasteiger partial charge on any atom is 0.262 e. The standard InChI is InChI=1S/C25H31N3O3S/c1-32(30)27-24(29)19-7-8-22-21(16-19)25(9-2-3-10-25)17-23(26-22)18-5-4-6-20(15-18)28-11-13-31-14-12-28/h4-8,15-16,23,26H,2-3,9-14,17H2,1H3,(H,27,29). The summed E-state index contributed by atoms with van der Waals surface area (Å²) in [4.78, 5) is 14.9. The molecule has 170 valence electrons. The molecule has 1 saturated heterocycles. The predicted octanol–water partition coefficient (Wildman–Crippen LogP) is 3.92. The topological polar surface area (TPSA) is 70.7 Å². The summed E-state index contributed by atoms with van der Waals surface area (Å²) in [6, 6.07) is 15.0. The first-order valence-electron chi connectivity index (χ1n) is 11.5. The van der Waals surface area contributed by atoms with E-state index in [0.717, 1.165) is 51.3 Å². The lowest BCUT2D eigenvalue weighted by atomic mass is 9.69. The molecule has 1 amide bonds. The predicted molar refractivity (Wildman–Crippen MR) is 129 cm³/mol. The summed E-state index contributed by atoms with van der Waals surface area (Å²) in [5, 5.41) is 3.77. The number of fused-ring (bicyclic) bond motifs is 2. The Morgan fingerprint density at radius 1 is 1.16 bits per heavy atom. The molecular formula is C25H31N3O3S. The van der Waals surface area contributed by atoms with Crippen LogP contribution in [0, 0.1) is 0 Å². The summed E-state index contributed by atoms with van der Waals surface area (Å²) in [6.45, 7) is 3.43. The summed E-state index contributed by atoms with van der Waals surface area (Å²) < 4.78 is 19.5. The minimum Gasteiger partial charge on any atom is -0.378 e. The molecule has 32 heavy (non-hydrogen) atoms. The number of carbonyl (C=O) groups excluding carboxylic acids is 1. The van der Waals surface area contributed by atoms with Gasteiger partial charge in [0.2, 0.25) is 0 Å². The number of hydrogen-bond acceptors (Lipinski definition) is 5. The van der Waals surface area contributed by atoms with E-state index in [-0.39, 0.29) is 17.4 Å². The van der Waals surface area contributed by atoms with Crippen LogP contribution in [-0.2, 0) is 21.1 Å². The van der Waals surface area contributed by atoms with E-state index in [9.17, 15) is 9.00 Å². The van der Waals surface area contributed by atoms with E-state index >= 15 is 0 Å². The third-order valence-electron chi connectivity index (χ3n) is 7.22. The molecule has 1 saturated carbocycles. The Morgan fingerprint density at radius 2 is 1.94 bits per heavy atom. The number of anilines is 2. The van der Waals surface area contributed by atoms with E-state index in [1.165, 1.54) is 35.9 Å². The SMILES string of the molecule is CS(=O)NC(=O)c1ccc2c(c1)C1(CCCC1)CC(c1cccc(N3CCOCC3)c1)N2. The monoisotopic (exact) mass is 453 g/mol. The van der Waals surface area contributed by atoms with E-state index < -0.39 is 11.0 Å². The molecule has 0 bridgehead atoms. The first-order valence-corrected chi connectivity index (χ1v) is 13.1. The number of ether oxygens (including phenoxy) is 1. The number of rotatable bonds is 4. The van der Waals surface area contributed by atoms with Gasteiger partial charge in [0.15, 0.2) is 0 Å². The van der Waals surface area contributed by atoms with Gasteiger partial charge in [0.1, 0.15) is 11.0 Å². The molecule has 2 N–H and O–H groups in total. The van der Waals surface area contributed by atoms with Crippen LogP contribution in [0.2, 0.25) is 0 Å². The van der Waals surface area contributed by atoms with Crippen LogP contribution in [0.15, 0.2) is 42.5 Å². The summed E-state index contributed by atoms with van der Waals surface area (Å²) >= 11 is 0. The summed E-state index contributed by atoms with van der Waals surface area (Å²) in [7, 11) is -1.37. The zero-order valence-electron chi connectivity index (χ0n) is 18.6. The zero-order valence-corrected chi connectivity index (χ0v) is 19.4. The van der Waals surface area contributed by atoms with Gasteiger partial charge in [0, 0.05) is 36.3 Å². The van der Waals surface area contributed by atoms with Gasteiger partial charge >= 0.3 is 0 Å². The van der Waals surface area contributed by atoms with Crippen LogP contribution in [-0.4, -0.2) is 42.7 Å². The fourth-order valence-corrected chi connectivity index (χ4v) is 6.04. The molecule has 2 aromatic rings. The summed E-state index contributed by atoms with van der Waals surface area (Å²) in [5.74, 6) is -0.276. The third-order valence-corrected chi connectivity index (χ3v) is 7.70. The molecule has 3 aliphatic rings. The molecule has 2 fully saturated rings. The average Bonchev–Trinajstić information content (AvgIpc) is 3.28. The van der Waals surface area contributed by atoms with Gasteiger partial charge in [0.25, 0.3) is 5.91 Å². The lowest BCUT2D eigenvalue weighted by molar-refractivity contribution is 0.0983. The first kappa shape index (κ1) is 21.5. The van der Waals surface area contributed by atoms with E-state index in [2.05, 4.69) is 39.2 Å². The summed E-state index contributed by atoms with van der Waals surface area (Å²) in [6.07, 6.45) is 7.23. The van der Waals surface area contributed by atoms with Crippen LogP contribution in [0.3, 0.4) is 0 Å². The van der Waals surface area contributed by atoms with Crippen molar-refractivity contribution in [2.45, 2.75) is 43.6 Å². The Bertz CT molecular complexity index is 1030. The van der Waals surface area contributed by atoms with Crippen molar-refractivity contribution in [2.24, 2.45) is 0 Å². The Hall–Kier alpha value is -2.38. The molecule has 2 aliphatic heterocycles. The van der Waals surface area contributed by atoms with Gasteiger partial charge in [-0.25, -0.2) is 4.21 Å². The summed E-state index contributed by atoms with van der Waals surface area (Å²) in [5.41, 5.74) is 5.61. The second-order valence-corrected chi connectivity index (χ2v) is 10.3. The molecule has 2 heterocycles. The Morgan fingerprint density at radius 3 is 2.69 bits per heavy atom. The molecule has 2 atom stereocenters. The van der Waals surface area contributed by atoms with Gasteiger partial charge in [0.05, 0.1) is 19.3 Å². The number of nitrogens with one attached hydrogen (secondary N) is 2. The number of nitrogens with zero attached hydrogens (tertiary/aromatic N) is 1. The molecule has 5 rings (SSSR count). The maximum absolute atomic E-state index is 12.5. The highest BCUT2D eigenvalue weighted by Gasteiger charge is 2.43. The number of morpholine rings is 1. The Kier molecular flexibility index (Phi) is 5.95. The van der Waals surface area contributed by atoms with Crippen LogP contribution < -0.4 is 14.9 Å². The molecule has 6 nitrogen and oxygen atoms in total. The van der Waals surface area contributed by atoms with Crippen molar-refractivity contribution in [2.75, 3.05) is 42.8 Å². The molecule has 1 spiro atoms. The highest BCUT2D eigenvalue weighted by Crippen LogP contribution is 2.53. The fourth-order valence-electron chi connectivity index (χ4n) is 5.67. The van der Waals surface area contributed by atoms with E-state index in [4.69, 9.17) is 4.74 Å². The Labute approximate surface area is 192 Å². The molecule has 7 heteroatoms. The molecule has 1 aliphatic carbocycles. The van der Waals surface area contributed by atoms with Crippen LogP contribution >= 0.6 is 0 Å². The van der Waals surface area contributed by atoms with Gasteiger partial charge in [-0.2, -0.15) is 0 Å². The number of carbonyl (C=O) groups is 1. The van der Waals surface area contributed by atoms with Gasteiger partial charge < -0.3 is 15.0 Å². The molecule has 0 aromatic heterocycles. The van der Waals surface area contributed by atoms with Crippen LogP contribution in [0.4, 0.5) is 11.4 Å². The van der Waals surface area contributed by atoms with Crippen LogP contribution in [0.5, 0.6) is 0 Å². The normalized spacial score (nSPS) is 22.8. The van der Waals surface area contributed by atoms with Crippen molar-refractivity contribution >= 4 is 28.3 Å². The fraction of sp³-hybridized carbons (Fsp3) is 0.480. The molecule has 2 unspecified atom stereocenters. The zero-order chi connectivity index (χ0) is 22.1. The molecular weight excluding hydrogens is 422 g/mol. The van der Waals surface area contributed by atoms with Gasteiger partial charge in [-0.1, -0.05) is 25.0 Å². The lowest BCUT2D eigenvalue weighted by Gasteiger charge is -2.42. The molecule has 0 radical (unpaired) electrons. The van der Waals surface area contributed by atoms with Crippen molar-refractivity contribution in [3.8, 4) is 0 Å².